The van der Waals surface area contributed by atoms with Crippen molar-refractivity contribution >= 4 is 21.6 Å². The van der Waals surface area contributed by atoms with Crippen molar-refractivity contribution in [2.45, 2.75) is 26.3 Å². The fraction of sp³-hybridized carbons (Fsp3) is 0.381. The first-order chi connectivity index (χ1) is 13.8. The monoisotopic (exact) mass is 420 g/mol. The van der Waals surface area contributed by atoms with Crippen LogP contribution in [0.4, 0.5) is 5.69 Å². The molecule has 0 fully saturated rings. The highest BCUT2D eigenvalue weighted by Gasteiger charge is 2.20. The first-order valence-corrected chi connectivity index (χ1v) is 11.3. The molecule has 2 aromatic carbocycles. The smallest absolute Gasteiger partial charge is 0.232 e. The molecule has 0 bridgehead atoms. The van der Waals surface area contributed by atoms with Crippen LogP contribution in [0.1, 0.15) is 25.3 Å². The number of anilines is 1. The van der Waals surface area contributed by atoms with Gasteiger partial charge in [0.2, 0.25) is 15.9 Å². The molecule has 0 aliphatic rings. The molecule has 0 atom stereocenters. The molecule has 0 saturated heterocycles. The minimum atomic E-state index is -3.51. The maximum absolute atomic E-state index is 12.2. The minimum Gasteiger partial charge on any atom is -0.495 e. The Morgan fingerprint density at radius 3 is 2.59 bits per heavy atom. The molecule has 0 saturated carbocycles. The molecule has 158 valence electrons. The number of nitrogens with one attached hydrogen (secondary N) is 1. The fourth-order valence-corrected chi connectivity index (χ4v) is 3.85. The Morgan fingerprint density at radius 2 is 1.90 bits per heavy atom. The first-order valence-electron chi connectivity index (χ1n) is 9.44. The number of hydrogen-bond donors (Lipinski definition) is 1. The second kappa shape index (κ2) is 10.7. The van der Waals surface area contributed by atoms with Crippen molar-refractivity contribution in [1.82, 2.24) is 5.32 Å². The van der Waals surface area contributed by atoms with Gasteiger partial charge in [-0.15, -0.1) is 0 Å². The lowest BCUT2D eigenvalue weighted by molar-refractivity contribution is -0.121. The van der Waals surface area contributed by atoms with E-state index in [1.165, 1.54) is 11.4 Å². The van der Waals surface area contributed by atoms with E-state index in [2.05, 4.69) is 5.32 Å². The van der Waals surface area contributed by atoms with Crippen molar-refractivity contribution in [3.8, 4) is 11.5 Å². The molecule has 29 heavy (non-hydrogen) atoms. The lowest BCUT2D eigenvalue weighted by Gasteiger charge is -2.24. The van der Waals surface area contributed by atoms with E-state index in [4.69, 9.17) is 9.47 Å². The third kappa shape index (κ3) is 6.98. The van der Waals surface area contributed by atoms with Gasteiger partial charge in [-0.3, -0.25) is 9.10 Å². The Morgan fingerprint density at radius 1 is 1.14 bits per heavy atom. The van der Waals surface area contributed by atoms with E-state index in [-0.39, 0.29) is 18.9 Å². The summed E-state index contributed by atoms with van der Waals surface area (Å²) in [5.74, 6) is 1.09. The van der Waals surface area contributed by atoms with Crippen LogP contribution < -0.4 is 19.1 Å². The van der Waals surface area contributed by atoms with E-state index in [1.54, 1.807) is 24.3 Å². The van der Waals surface area contributed by atoms with Crippen LogP contribution in [0.2, 0.25) is 0 Å². The number of rotatable bonds is 11. The Balaban J connectivity index is 1.91. The number of methoxy groups -OCH3 is 1. The Hall–Kier alpha value is -2.74. The fourth-order valence-electron chi connectivity index (χ4n) is 2.88. The van der Waals surface area contributed by atoms with Crippen molar-refractivity contribution < 1.29 is 22.7 Å². The quantitative estimate of drug-likeness (QED) is 0.604. The largest absolute Gasteiger partial charge is 0.495 e. The highest BCUT2D eigenvalue weighted by Crippen LogP contribution is 2.29. The molecule has 0 unspecified atom stereocenters. The molecule has 0 aromatic heterocycles. The number of nitrogens with zero attached hydrogens (tertiary/aromatic N) is 1. The molecule has 0 aliphatic heterocycles. The van der Waals surface area contributed by atoms with Crippen LogP contribution in [0.15, 0.2) is 48.5 Å². The summed E-state index contributed by atoms with van der Waals surface area (Å²) in [6.07, 6.45) is 1.74. The molecule has 0 radical (unpaired) electrons. The minimum absolute atomic E-state index is 0.139. The summed E-state index contributed by atoms with van der Waals surface area (Å²) >= 11 is 0. The molecule has 2 rings (SSSR count). The lowest BCUT2D eigenvalue weighted by atomic mass is 10.2. The van der Waals surface area contributed by atoms with Crippen LogP contribution in [0.5, 0.6) is 11.5 Å². The number of hydrogen-bond acceptors (Lipinski definition) is 5. The maximum atomic E-state index is 12.2. The topological polar surface area (TPSA) is 84.9 Å². The van der Waals surface area contributed by atoms with Gasteiger partial charge in [0.25, 0.3) is 0 Å². The summed E-state index contributed by atoms with van der Waals surface area (Å²) in [7, 11) is -2.01. The average Bonchev–Trinajstić information content (AvgIpc) is 2.69. The second-order valence-corrected chi connectivity index (χ2v) is 8.37. The summed E-state index contributed by atoms with van der Waals surface area (Å²) in [6.45, 7) is 3.08. The SMILES string of the molecule is CCOc1cccc(CNC(=O)CCCN(c2ccccc2OC)S(C)(=O)=O)c1. The van der Waals surface area contributed by atoms with Gasteiger partial charge in [-0.1, -0.05) is 24.3 Å². The predicted molar refractivity (Wildman–Crippen MR) is 114 cm³/mol. The predicted octanol–water partition coefficient (Wildman–Crippen LogP) is 2.96. The third-order valence-electron chi connectivity index (χ3n) is 4.22. The number of sulfonamides is 1. The summed E-state index contributed by atoms with van der Waals surface area (Å²) in [5.41, 5.74) is 1.40. The number of benzene rings is 2. The highest BCUT2D eigenvalue weighted by molar-refractivity contribution is 7.92. The molecule has 0 spiro atoms. The van der Waals surface area contributed by atoms with Crippen LogP contribution in [0.25, 0.3) is 0 Å². The lowest BCUT2D eigenvalue weighted by Crippen LogP contribution is -2.32. The first kappa shape index (κ1) is 22.5. The van der Waals surface area contributed by atoms with Crippen molar-refractivity contribution in [2.75, 3.05) is 30.8 Å². The Labute approximate surface area is 172 Å². The van der Waals surface area contributed by atoms with Crippen LogP contribution in [0, 0.1) is 0 Å². The molecule has 1 N–H and O–H groups in total. The maximum Gasteiger partial charge on any atom is 0.232 e. The molecule has 0 aliphatic carbocycles. The normalized spacial score (nSPS) is 11.0. The average molecular weight is 421 g/mol. The third-order valence-corrected chi connectivity index (χ3v) is 5.40. The van der Waals surface area contributed by atoms with E-state index < -0.39 is 10.0 Å². The highest BCUT2D eigenvalue weighted by atomic mass is 32.2. The van der Waals surface area contributed by atoms with Gasteiger partial charge in [-0.2, -0.15) is 0 Å². The summed E-state index contributed by atoms with van der Waals surface area (Å²) in [6, 6.07) is 14.5. The summed E-state index contributed by atoms with van der Waals surface area (Å²) in [5, 5.41) is 2.86. The molecule has 2 aromatic rings. The van der Waals surface area contributed by atoms with Crippen molar-refractivity contribution in [1.29, 1.82) is 0 Å². The van der Waals surface area contributed by atoms with Crippen LogP contribution in [-0.2, 0) is 21.4 Å². The Kier molecular flexibility index (Phi) is 8.33. The van der Waals surface area contributed by atoms with Gasteiger partial charge < -0.3 is 14.8 Å². The van der Waals surface area contributed by atoms with Crippen molar-refractivity contribution in [3.05, 3.63) is 54.1 Å². The molecular weight excluding hydrogens is 392 g/mol. The van der Waals surface area contributed by atoms with Crippen molar-refractivity contribution in [3.63, 3.8) is 0 Å². The van der Waals surface area contributed by atoms with E-state index in [0.29, 0.717) is 31.0 Å². The van der Waals surface area contributed by atoms with Gasteiger partial charge in [0.15, 0.2) is 0 Å². The Bertz CT molecular complexity index is 915. The van der Waals surface area contributed by atoms with Gasteiger partial charge in [-0.05, 0) is 43.2 Å². The van der Waals surface area contributed by atoms with Gasteiger partial charge >= 0.3 is 0 Å². The zero-order chi connectivity index (χ0) is 21.3. The summed E-state index contributed by atoms with van der Waals surface area (Å²) < 4.78 is 36.4. The van der Waals surface area contributed by atoms with E-state index in [0.717, 1.165) is 17.6 Å². The molecular formula is C21H28N2O5S. The number of carbonyl (C=O) groups excluding carboxylic acids is 1. The molecule has 7 nitrogen and oxygen atoms in total. The summed E-state index contributed by atoms with van der Waals surface area (Å²) in [4.78, 5) is 12.2. The van der Waals surface area contributed by atoms with Gasteiger partial charge in [0.05, 0.1) is 25.7 Å². The van der Waals surface area contributed by atoms with Gasteiger partial charge in [0.1, 0.15) is 11.5 Å². The number of amides is 1. The van der Waals surface area contributed by atoms with Crippen LogP contribution >= 0.6 is 0 Å². The zero-order valence-corrected chi connectivity index (χ0v) is 17.9. The van der Waals surface area contributed by atoms with E-state index in [1.807, 2.05) is 31.2 Å². The molecule has 0 heterocycles. The van der Waals surface area contributed by atoms with E-state index in [9.17, 15) is 13.2 Å². The zero-order valence-electron chi connectivity index (χ0n) is 17.1. The van der Waals surface area contributed by atoms with Crippen LogP contribution in [0.3, 0.4) is 0 Å². The molecule has 8 heteroatoms. The number of para-hydroxylation sites is 2. The number of carbonyl (C=O) groups is 1. The molecule has 1 amide bonds. The van der Waals surface area contributed by atoms with Crippen molar-refractivity contribution in [2.24, 2.45) is 0 Å². The standard InChI is InChI=1S/C21H28N2O5S/c1-4-28-18-10-7-9-17(15-18)16-22-21(24)13-8-14-23(29(3,25)26)19-11-5-6-12-20(19)27-2/h5-7,9-12,15H,4,8,13-14,16H2,1-3H3,(H,22,24). The van der Waals surface area contributed by atoms with E-state index >= 15 is 0 Å². The second-order valence-electron chi connectivity index (χ2n) is 6.47. The van der Waals surface area contributed by atoms with Gasteiger partial charge in [0, 0.05) is 19.5 Å². The van der Waals surface area contributed by atoms with Gasteiger partial charge in [-0.25, -0.2) is 8.42 Å². The number of ether oxygens (including phenoxy) is 2. The van der Waals surface area contributed by atoms with Crippen LogP contribution in [-0.4, -0.2) is 40.8 Å².